The lowest BCUT2D eigenvalue weighted by Gasteiger charge is -2.17. The third-order valence-corrected chi connectivity index (χ3v) is 5.64. The average molecular weight is 429 g/mol. The highest BCUT2D eigenvalue weighted by Crippen LogP contribution is 2.44. The number of thiazole rings is 1. The van der Waals surface area contributed by atoms with Crippen LogP contribution in [0.5, 0.6) is 11.5 Å². The molecule has 0 unspecified atom stereocenters. The standard InChI is InChI=1S/C21H14F3N3O2S/c1-28-13-8-6-12(7-9-13)16-11-30-20(25-16)27-19(21(22,23)24)15-10-29-17-5-3-2-4-14(17)18(15)26-27/h2-9,11H,10H2,1H3. The number of halogens is 3. The molecule has 3 heterocycles. The first kappa shape index (κ1) is 18.7. The van der Waals surface area contributed by atoms with E-state index in [1.54, 1.807) is 61.0 Å². The molecule has 1 aliphatic rings. The normalized spacial score (nSPS) is 12.8. The largest absolute Gasteiger partial charge is 0.497 e. The summed E-state index contributed by atoms with van der Waals surface area (Å²) in [6, 6.07) is 14.1. The van der Waals surface area contributed by atoms with Crippen LogP contribution in [0.3, 0.4) is 0 Å². The van der Waals surface area contributed by atoms with Gasteiger partial charge in [0.2, 0.25) is 5.13 Å². The minimum absolute atomic E-state index is 0.0161. The van der Waals surface area contributed by atoms with Gasteiger partial charge in [-0.05, 0) is 36.4 Å². The van der Waals surface area contributed by atoms with Crippen molar-refractivity contribution in [2.24, 2.45) is 0 Å². The van der Waals surface area contributed by atoms with E-state index in [1.807, 2.05) is 0 Å². The number of methoxy groups -OCH3 is 1. The van der Waals surface area contributed by atoms with Crippen molar-refractivity contribution in [3.8, 4) is 39.1 Å². The minimum atomic E-state index is -4.61. The molecular weight excluding hydrogens is 415 g/mol. The molecule has 0 fully saturated rings. The Morgan fingerprint density at radius 3 is 2.60 bits per heavy atom. The number of hydrogen-bond donors (Lipinski definition) is 0. The van der Waals surface area contributed by atoms with Crippen LogP contribution in [0.25, 0.3) is 27.6 Å². The van der Waals surface area contributed by atoms with Crippen LogP contribution in [-0.4, -0.2) is 21.9 Å². The van der Waals surface area contributed by atoms with Crippen molar-refractivity contribution in [3.63, 3.8) is 0 Å². The van der Waals surface area contributed by atoms with Gasteiger partial charge in [0.25, 0.3) is 0 Å². The summed E-state index contributed by atoms with van der Waals surface area (Å²) in [4.78, 5) is 4.42. The second-order valence-corrected chi connectivity index (χ2v) is 7.45. The lowest BCUT2D eigenvalue weighted by molar-refractivity contribution is -0.143. The summed E-state index contributed by atoms with van der Waals surface area (Å²) in [5, 5.41) is 6.16. The van der Waals surface area contributed by atoms with E-state index in [4.69, 9.17) is 9.47 Å². The number of rotatable bonds is 3. The van der Waals surface area contributed by atoms with Gasteiger partial charge in [0.05, 0.1) is 12.8 Å². The molecule has 1 aliphatic heterocycles. The molecule has 2 aromatic carbocycles. The summed E-state index contributed by atoms with van der Waals surface area (Å²) in [7, 11) is 1.57. The van der Waals surface area contributed by atoms with Gasteiger partial charge in [-0.3, -0.25) is 0 Å². The maximum atomic E-state index is 14.0. The fourth-order valence-corrected chi connectivity index (χ4v) is 4.22. The zero-order valence-electron chi connectivity index (χ0n) is 15.6. The maximum Gasteiger partial charge on any atom is 0.434 e. The number of alkyl halides is 3. The first-order valence-corrected chi connectivity index (χ1v) is 9.85. The molecule has 5 rings (SSSR count). The molecule has 0 N–H and O–H groups in total. The number of para-hydroxylation sites is 1. The summed E-state index contributed by atoms with van der Waals surface area (Å²) < 4.78 is 53.5. The van der Waals surface area contributed by atoms with Crippen LogP contribution in [-0.2, 0) is 12.8 Å². The molecule has 2 aromatic heterocycles. The second-order valence-electron chi connectivity index (χ2n) is 6.61. The Bertz CT molecular complexity index is 1230. The van der Waals surface area contributed by atoms with Crippen LogP contribution in [0, 0.1) is 0 Å². The van der Waals surface area contributed by atoms with Gasteiger partial charge in [0.15, 0.2) is 5.69 Å². The van der Waals surface area contributed by atoms with Gasteiger partial charge >= 0.3 is 6.18 Å². The van der Waals surface area contributed by atoms with Crippen molar-refractivity contribution in [1.82, 2.24) is 14.8 Å². The van der Waals surface area contributed by atoms with Crippen molar-refractivity contribution in [1.29, 1.82) is 0 Å². The molecule has 152 valence electrons. The van der Waals surface area contributed by atoms with Crippen LogP contribution in [0.4, 0.5) is 13.2 Å². The maximum absolute atomic E-state index is 14.0. The lowest BCUT2D eigenvalue weighted by Crippen LogP contribution is -2.16. The van der Waals surface area contributed by atoms with Gasteiger partial charge in [-0.25, -0.2) is 9.67 Å². The Balaban J connectivity index is 1.63. The molecule has 0 amide bonds. The highest BCUT2D eigenvalue weighted by molar-refractivity contribution is 7.12. The summed E-state index contributed by atoms with van der Waals surface area (Å²) >= 11 is 1.10. The van der Waals surface area contributed by atoms with Gasteiger partial charge in [-0.1, -0.05) is 12.1 Å². The van der Waals surface area contributed by atoms with Crippen molar-refractivity contribution < 1.29 is 22.6 Å². The molecule has 0 bridgehead atoms. The molecule has 0 aliphatic carbocycles. The van der Waals surface area contributed by atoms with Gasteiger partial charge < -0.3 is 9.47 Å². The first-order chi connectivity index (χ1) is 14.5. The number of nitrogens with zero attached hydrogens (tertiary/aromatic N) is 3. The predicted octanol–water partition coefficient (Wildman–Crippen LogP) is 5.58. The van der Waals surface area contributed by atoms with Crippen LogP contribution in [0.15, 0.2) is 53.9 Å². The number of hydrogen-bond acceptors (Lipinski definition) is 5. The van der Waals surface area contributed by atoms with Gasteiger partial charge in [-0.15, -0.1) is 11.3 Å². The summed E-state index contributed by atoms with van der Waals surface area (Å²) in [6.45, 7) is -0.197. The molecule has 0 radical (unpaired) electrons. The van der Waals surface area contributed by atoms with Gasteiger partial charge in [0.1, 0.15) is 23.8 Å². The van der Waals surface area contributed by atoms with E-state index in [9.17, 15) is 13.2 Å². The molecule has 30 heavy (non-hydrogen) atoms. The fraction of sp³-hybridized carbons (Fsp3) is 0.143. The van der Waals surface area contributed by atoms with Gasteiger partial charge in [-0.2, -0.15) is 18.3 Å². The Kier molecular flexibility index (Phi) is 4.28. The molecule has 0 saturated heterocycles. The number of benzene rings is 2. The Hall–Kier alpha value is -3.33. The predicted molar refractivity (Wildman–Crippen MR) is 106 cm³/mol. The zero-order valence-corrected chi connectivity index (χ0v) is 16.4. The summed E-state index contributed by atoms with van der Waals surface area (Å²) in [6.07, 6.45) is -4.61. The Morgan fingerprint density at radius 2 is 1.87 bits per heavy atom. The summed E-state index contributed by atoms with van der Waals surface area (Å²) in [5.74, 6) is 1.20. The highest BCUT2D eigenvalue weighted by Gasteiger charge is 2.42. The van der Waals surface area contributed by atoms with E-state index >= 15 is 0 Å². The minimum Gasteiger partial charge on any atom is -0.497 e. The van der Waals surface area contributed by atoms with Crippen LogP contribution < -0.4 is 9.47 Å². The van der Waals surface area contributed by atoms with Crippen LogP contribution in [0.1, 0.15) is 11.3 Å². The Labute approximate surface area is 173 Å². The zero-order chi connectivity index (χ0) is 20.9. The van der Waals surface area contributed by atoms with E-state index in [0.29, 0.717) is 22.8 Å². The number of ether oxygens (including phenoxy) is 2. The molecule has 0 atom stereocenters. The van der Waals surface area contributed by atoms with E-state index in [1.165, 1.54) is 0 Å². The SMILES string of the molecule is COc1ccc(-c2csc(-n3nc4c(c3C(F)(F)F)COc3ccccc3-4)n2)cc1. The lowest BCUT2D eigenvalue weighted by atomic mass is 10.0. The third kappa shape index (κ3) is 3.02. The van der Waals surface area contributed by atoms with Gasteiger partial charge in [0, 0.05) is 22.1 Å². The summed E-state index contributed by atoms with van der Waals surface area (Å²) in [5.41, 5.74) is 1.30. The van der Waals surface area contributed by atoms with Crippen LogP contribution in [0.2, 0.25) is 0 Å². The van der Waals surface area contributed by atoms with E-state index in [0.717, 1.165) is 21.6 Å². The van der Waals surface area contributed by atoms with E-state index < -0.39 is 11.9 Å². The molecule has 0 spiro atoms. The number of aromatic nitrogens is 3. The van der Waals surface area contributed by atoms with Crippen molar-refractivity contribution in [2.45, 2.75) is 12.8 Å². The molecule has 4 aromatic rings. The quantitative estimate of drug-likeness (QED) is 0.427. The first-order valence-electron chi connectivity index (χ1n) is 8.97. The van der Waals surface area contributed by atoms with Crippen molar-refractivity contribution in [3.05, 3.63) is 65.2 Å². The molecular formula is C21H14F3N3O2S. The molecule has 5 nitrogen and oxygen atoms in total. The topological polar surface area (TPSA) is 49.2 Å². The highest BCUT2D eigenvalue weighted by atomic mass is 32.1. The second kappa shape index (κ2) is 6.88. The van der Waals surface area contributed by atoms with E-state index in [-0.39, 0.29) is 23.0 Å². The monoisotopic (exact) mass is 429 g/mol. The fourth-order valence-electron chi connectivity index (χ4n) is 3.43. The number of fused-ring (bicyclic) bond motifs is 3. The van der Waals surface area contributed by atoms with Crippen LogP contribution >= 0.6 is 11.3 Å². The Morgan fingerprint density at radius 1 is 1.10 bits per heavy atom. The van der Waals surface area contributed by atoms with Crippen molar-refractivity contribution in [2.75, 3.05) is 7.11 Å². The van der Waals surface area contributed by atoms with E-state index in [2.05, 4.69) is 10.1 Å². The van der Waals surface area contributed by atoms with Crippen molar-refractivity contribution >= 4 is 11.3 Å². The third-order valence-electron chi connectivity index (χ3n) is 4.83. The molecule has 9 heteroatoms. The molecule has 0 saturated carbocycles. The smallest absolute Gasteiger partial charge is 0.434 e. The average Bonchev–Trinajstić information content (AvgIpc) is 3.38.